The second kappa shape index (κ2) is 5.76. The molecule has 2 N–H and O–H groups in total. The fraction of sp³-hybridized carbons (Fsp3) is 0.533. The SMILES string of the molecule is O=C(O)C1(NCC2CCCO2)CCSc2ccccc21. The van der Waals surface area contributed by atoms with Gasteiger partial charge in [-0.25, -0.2) is 4.79 Å². The van der Waals surface area contributed by atoms with Crippen LogP contribution in [0.4, 0.5) is 0 Å². The van der Waals surface area contributed by atoms with Gasteiger partial charge in [-0.1, -0.05) is 18.2 Å². The zero-order chi connectivity index (χ0) is 14.0. The maximum absolute atomic E-state index is 11.9. The molecule has 0 saturated carbocycles. The van der Waals surface area contributed by atoms with Gasteiger partial charge in [0.15, 0.2) is 0 Å². The number of aliphatic carboxylic acids is 1. The summed E-state index contributed by atoms with van der Waals surface area (Å²) in [5.41, 5.74) is -0.0740. The van der Waals surface area contributed by atoms with Crippen molar-refractivity contribution >= 4 is 17.7 Å². The summed E-state index contributed by atoms with van der Waals surface area (Å²) in [6.45, 7) is 1.39. The summed E-state index contributed by atoms with van der Waals surface area (Å²) < 4.78 is 5.60. The van der Waals surface area contributed by atoms with Gasteiger partial charge in [0.25, 0.3) is 0 Å². The van der Waals surface area contributed by atoms with Gasteiger partial charge in [-0.2, -0.15) is 0 Å². The van der Waals surface area contributed by atoms with Gasteiger partial charge in [-0.05, 0) is 30.9 Å². The predicted molar refractivity (Wildman–Crippen MR) is 78.1 cm³/mol. The van der Waals surface area contributed by atoms with E-state index in [9.17, 15) is 9.90 Å². The van der Waals surface area contributed by atoms with Crippen LogP contribution in [0.25, 0.3) is 0 Å². The molecule has 0 aromatic heterocycles. The van der Waals surface area contributed by atoms with E-state index < -0.39 is 11.5 Å². The number of carboxylic acids is 1. The fourth-order valence-electron chi connectivity index (χ4n) is 2.97. The van der Waals surface area contributed by atoms with Gasteiger partial charge in [-0.15, -0.1) is 11.8 Å². The van der Waals surface area contributed by atoms with E-state index in [0.717, 1.165) is 35.7 Å². The number of ether oxygens (including phenoxy) is 1. The normalized spacial score (nSPS) is 29.1. The summed E-state index contributed by atoms with van der Waals surface area (Å²) in [6, 6.07) is 7.81. The Morgan fingerprint density at radius 1 is 1.50 bits per heavy atom. The molecule has 0 bridgehead atoms. The molecule has 2 unspecified atom stereocenters. The van der Waals surface area contributed by atoms with Crippen molar-refractivity contribution in [2.45, 2.75) is 35.8 Å². The molecule has 1 saturated heterocycles. The van der Waals surface area contributed by atoms with Crippen molar-refractivity contribution < 1.29 is 14.6 Å². The van der Waals surface area contributed by atoms with Gasteiger partial charge >= 0.3 is 5.97 Å². The lowest BCUT2D eigenvalue weighted by Gasteiger charge is -2.36. The Labute approximate surface area is 122 Å². The maximum atomic E-state index is 11.9. The van der Waals surface area contributed by atoms with Crippen LogP contribution in [0.15, 0.2) is 29.2 Å². The highest BCUT2D eigenvalue weighted by Gasteiger charge is 2.44. The Morgan fingerprint density at radius 3 is 3.10 bits per heavy atom. The minimum atomic E-state index is -0.964. The molecule has 2 aliphatic rings. The minimum Gasteiger partial charge on any atom is -0.480 e. The first-order valence-corrected chi connectivity index (χ1v) is 8.03. The van der Waals surface area contributed by atoms with Crippen LogP contribution in [-0.2, 0) is 15.1 Å². The van der Waals surface area contributed by atoms with Gasteiger partial charge in [-0.3, -0.25) is 5.32 Å². The summed E-state index contributed by atoms with van der Waals surface area (Å²) in [5, 5.41) is 13.1. The molecule has 5 heteroatoms. The zero-order valence-electron chi connectivity index (χ0n) is 11.3. The molecule has 0 amide bonds. The second-order valence-electron chi connectivity index (χ2n) is 5.32. The van der Waals surface area contributed by atoms with Gasteiger partial charge in [0.05, 0.1) is 6.10 Å². The maximum Gasteiger partial charge on any atom is 0.328 e. The number of carboxylic acid groups (broad SMARTS) is 1. The van der Waals surface area contributed by atoms with Crippen LogP contribution in [0.3, 0.4) is 0 Å². The van der Waals surface area contributed by atoms with Crippen LogP contribution < -0.4 is 5.32 Å². The molecule has 2 aliphatic heterocycles. The molecule has 2 heterocycles. The first-order valence-electron chi connectivity index (χ1n) is 7.05. The number of rotatable bonds is 4. The van der Waals surface area contributed by atoms with Gasteiger partial charge in [0.2, 0.25) is 0 Å². The monoisotopic (exact) mass is 293 g/mol. The van der Waals surface area contributed by atoms with E-state index in [1.54, 1.807) is 11.8 Å². The molecular weight excluding hydrogens is 274 g/mol. The first kappa shape index (κ1) is 13.9. The highest BCUT2D eigenvalue weighted by atomic mass is 32.2. The molecule has 1 fully saturated rings. The number of carbonyl (C=O) groups is 1. The topological polar surface area (TPSA) is 58.6 Å². The van der Waals surface area contributed by atoms with Crippen LogP contribution in [0.2, 0.25) is 0 Å². The summed E-state index contributed by atoms with van der Waals surface area (Å²) >= 11 is 1.73. The van der Waals surface area contributed by atoms with Crippen LogP contribution in [0.1, 0.15) is 24.8 Å². The molecule has 2 atom stereocenters. The fourth-order valence-corrected chi connectivity index (χ4v) is 4.17. The van der Waals surface area contributed by atoms with Crippen molar-refractivity contribution in [3.8, 4) is 0 Å². The molecule has 0 radical (unpaired) electrons. The lowest BCUT2D eigenvalue weighted by Crippen LogP contribution is -2.53. The Hall–Kier alpha value is -1.04. The van der Waals surface area contributed by atoms with Crippen molar-refractivity contribution in [1.82, 2.24) is 5.32 Å². The standard InChI is InChI=1S/C15H19NO3S/c17-14(18)15(16-10-11-4-3-8-19-11)7-9-20-13-6-2-1-5-12(13)15/h1-2,5-6,11,16H,3-4,7-10H2,(H,17,18). The van der Waals surface area contributed by atoms with Gasteiger partial charge < -0.3 is 9.84 Å². The van der Waals surface area contributed by atoms with Crippen molar-refractivity contribution in [3.05, 3.63) is 29.8 Å². The molecule has 4 nitrogen and oxygen atoms in total. The number of fused-ring (bicyclic) bond motifs is 1. The third kappa shape index (κ3) is 2.45. The lowest BCUT2D eigenvalue weighted by molar-refractivity contribution is -0.146. The van der Waals surface area contributed by atoms with E-state index in [2.05, 4.69) is 5.32 Å². The molecule has 108 valence electrons. The average Bonchev–Trinajstić information content (AvgIpc) is 2.98. The Morgan fingerprint density at radius 2 is 2.35 bits per heavy atom. The average molecular weight is 293 g/mol. The summed E-state index contributed by atoms with van der Waals surface area (Å²) in [7, 11) is 0. The quantitative estimate of drug-likeness (QED) is 0.891. The largest absolute Gasteiger partial charge is 0.480 e. The number of benzene rings is 1. The van der Waals surface area contributed by atoms with E-state index in [1.807, 2.05) is 24.3 Å². The second-order valence-corrected chi connectivity index (χ2v) is 6.46. The van der Waals surface area contributed by atoms with Crippen LogP contribution >= 0.6 is 11.8 Å². The van der Waals surface area contributed by atoms with Crippen molar-refractivity contribution in [3.63, 3.8) is 0 Å². The van der Waals surface area contributed by atoms with E-state index in [4.69, 9.17) is 4.74 Å². The minimum absolute atomic E-state index is 0.146. The van der Waals surface area contributed by atoms with Crippen LogP contribution in [0.5, 0.6) is 0 Å². The molecule has 0 spiro atoms. The number of hydrogen-bond donors (Lipinski definition) is 2. The Bertz CT molecular complexity index is 502. The highest BCUT2D eigenvalue weighted by molar-refractivity contribution is 7.99. The summed E-state index contributed by atoms with van der Waals surface area (Å²) in [4.78, 5) is 13.0. The molecule has 1 aromatic rings. The van der Waals surface area contributed by atoms with Crippen molar-refractivity contribution in [1.29, 1.82) is 0 Å². The number of hydrogen-bond acceptors (Lipinski definition) is 4. The zero-order valence-corrected chi connectivity index (χ0v) is 12.1. The summed E-state index contributed by atoms with van der Waals surface area (Å²) in [6.07, 6.45) is 2.84. The highest BCUT2D eigenvalue weighted by Crippen LogP contribution is 2.40. The molecular formula is C15H19NO3S. The number of thioether (sulfide) groups is 1. The molecule has 3 rings (SSSR count). The molecule has 20 heavy (non-hydrogen) atoms. The van der Waals surface area contributed by atoms with Crippen molar-refractivity contribution in [2.24, 2.45) is 0 Å². The van der Waals surface area contributed by atoms with Gasteiger partial charge in [0.1, 0.15) is 5.54 Å². The van der Waals surface area contributed by atoms with Crippen molar-refractivity contribution in [2.75, 3.05) is 18.9 Å². The van der Waals surface area contributed by atoms with Gasteiger partial charge in [0, 0.05) is 23.8 Å². The first-order chi connectivity index (χ1) is 9.72. The Kier molecular flexibility index (Phi) is 4.01. The van der Waals surface area contributed by atoms with E-state index in [-0.39, 0.29) is 6.10 Å². The third-order valence-corrected chi connectivity index (χ3v) is 5.18. The predicted octanol–water partition coefficient (Wildman–Crippen LogP) is 2.23. The summed E-state index contributed by atoms with van der Waals surface area (Å²) in [5.74, 6) is 0.0326. The lowest BCUT2D eigenvalue weighted by atomic mass is 9.86. The van der Waals surface area contributed by atoms with E-state index in [0.29, 0.717) is 13.0 Å². The van der Waals surface area contributed by atoms with Crippen LogP contribution in [-0.4, -0.2) is 36.1 Å². The third-order valence-electron chi connectivity index (χ3n) is 4.10. The van der Waals surface area contributed by atoms with E-state index in [1.165, 1.54) is 0 Å². The Balaban J connectivity index is 1.86. The number of nitrogens with one attached hydrogen (secondary N) is 1. The smallest absolute Gasteiger partial charge is 0.328 e. The molecule has 0 aliphatic carbocycles. The van der Waals surface area contributed by atoms with E-state index >= 15 is 0 Å². The van der Waals surface area contributed by atoms with Crippen LogP contribution in [0, 0.1) is 0 Å². The molecule has 1 aromatic carbocycles.